The molecule has 0 aliphatic carbocycles. The summed E-state index contributed by atoms with van der Waals surface area (Å²) in [5.74, 6) is 1.26. The van der Waals surface area contributed by atoms with Crippen molar-refractivity contribution in [3.05, 3.63) is 76.6 Å². The summed E-state index contributed by atoms with van der Waals surface area (Å²) in [5, 5.41) is 14.5. The van der Waals surface area contributed by atoms with Gasteiger partial charge in [-0.25, -0.2) is 9.50 Å². The number of nitriles is 1. The first-order valence-corrected chi connectivity index (χ1v) is 12.7. The average molecular weight is 512 g/mol. The topological polar surface area (TPSA) is 75.2 Å². The SMILES string of the molecule is CSNc1ncc2cc(-c3ccc(C(C)(C)c4cc(Cl)c(OCCCl)c(C#N)c4)cc3)cn2n1. The van der Waals surface area contributed by atoms with E-state index < -0.39 is 0 Å². The second-order valence-electron chi connectivity index (χ2n) is 8.17. The molecule has 4 rings (SSSR count). The molecule has 0 spiro atoms. The van der Waals surface area contributed by atoms with Crippen LogP contribution in [-0.2, 0) is 5.41 Å². The smallest absolute Gasteiger partial charge is 0.250 e. The van der Waals surface area contributed by atoms with E-state index in [9.17, 15) is 5.26 Å². The zero-order valence-electron chi connectivity index (χ0n) is 19.0. The first-order chi connectivity index (χ1) is 16.4. The maximum Gasteiger partial charge on any atom is 0.250 e. The van der Waals surface area contributed by atoms with Crippen molar-refractivity contribution >= 4 is 46.6 Å². The average Bonchev–Trinajstić information content (AvgIpc) is 3.26. The van der Waals surface area contributed by atoms with E-state index in [1.807, 2.05) is 29.1 Å². The van der Waals surface area contributed by atoms with E-state index in [2.05, 4.69) is 65.1 Å². The third-order valence-corrected chi connectivity index (χ3v) is 6.52. The summed E-state index contributed by atoms with van der Waals surface area (Å²) in [5.41, 5.74) is 5.09. The summed E-state index contributed by atoms with van der Waals surface area (Å²) in [6, 6.07) is 16.3. The number of hydrogen-bond acceptors (Lipinski definition) is 6. The van der Waals surface area contributed by atoms with Crippen molar-refractivity contribution in [3.8, 4) is 22.9 Å². The summed E-state index contributed by atoms with van der Waals surface area (Å²) >= 11 is 13.6. The van der Waals surface area contributed by atoms with Gasteiger partial charge in [-0.3, -0.25) is 4.72 Å². The van der Waals surface area contributed by atoms with Gasteiger partial charge in [-0.15, -0.1) is 16.7 Å². The van der Waals surface area contributed by atoms with Crippen LogP contribution in [0.1, 0.15) is 30.5 Å². The Bertz CT molecular complexity index is 1360. The van der Waals surface area contributed by atoms with Gasteiger partial charge in [-0.05, 0) is 34.9 Å². The number of rotatable bonds is 8. The number of anilines is 1. The molecule has 0 amide bonds. The number of benzene rings is 2. The zero-order valence-corrected chi connectivity index (χ0v) is 21.3. The highest BCUT2D eigenvalue weighted by atomic mass is 35.5. The molecule has 0 radical (unpaired) electrons. The molecule has 0 atom stereocenters. The predicted octanol–water partition coefficient (Wildman–Crippen LogP) is 6.55. The third kappa shape index (κ3) is 4.80. The molecule has 0 aliphatic heterocycles. The van der Waals surface area contributed by atoms with Gasteiger partial charge in [0.2, 0.25) is 0 Å². The summed E-state index contributed by atoms with van der Waals surface area (Å²) in [4.78, 5) is 4.31. The third-order valence-electron chi connectivity index (χ3n) is 5.69. The van der Waals surface area contributed by atoms with Crippen molar-refractivity contribution in [1.82, 2.24) is 14.6 Å². The second-order valence-corrected chi connectivity index (χ2v) is 9.57. The lowest BCUT2D eigenvalue weighted by atomic mass is 9.77. The molecule has 0 bridgehead atoms. The van der Waals surface area contributed by atoms with E-state index in [0.717, 1.165) is 27.8 Å². The Morgan fingerprint density at radius 3 is 2.59 bits per heavy atom. The van der Waals surface area contributed by atoms with Crippen LogP contribution in [0.2, 0.25) is 5.02 Å². The van der Waals surface area contributed by atoms with Crippen LogP contribution >= 0.6 is 35.1 Å². The number of fused-ring (bicyclic) bond motifs is 1. The molecular weight excluding hydrogens is 489 g/mol. The normalized spacial score (nSPS) is 11.4. The lowest BCUT2D eigenvalue weighted by molar-refractivity contribution is 0.341. The summed E-state index contributed by atoms with van der Waals surface area (Å²) in [6.45, 7) is 4.50. The Labute approximate surface area is 213 Å². The highest BCUT2D eigenvalue weighted by Gasteiger charge is 2.26. The molecule has 0 unspecified atom stereocenters. The molecule has 0 saturated carbocycles. The number of ether oxygens (including phenoxy) is 1. The lowest BCUT2D eigenvalue weighted by Gasteiger charge is -2.27. The number of alkyl halides is 1. The van der Waals surface area contributed by atoms with Crippen molar-refractivity contribution in [2.24, 2.45) is 0 Å². The van der Waals surface area contributed by atoms with Crippen molar-refractivity contribution in [2.75, 3.05) is 23.5 Å². The van der Waals surface area contributed by atoms with Gasteiger partial charge in [-0.2, -0.15) is 5.26 Å². The van der Waals surface area contributed by atoms with E-state index in [-0.39, 0.29) is 12.0 Å². The van der Waals surface area contributed by atoms with Crippen LogP contribution in [0.15, 0.2) is 54.9 Å². The van der Waals surface area contributed by atoms with Gasteiger partial charge in [0.05, 0.1) is 28.2 Å². The molecule has 0 aliphatic rings. The van der Waals surface area contributed by atoms with Crippen molar-refractivity contribution in [1.29, 1.82) is 5.26 Å². The molecule has 2 aromatic carbocycles. The van der Waals surface area contributed by atoms with E-state index >= 15 is 0 Å². The molecule has 9 heteroatoms. The van der Waals surface area contributed by atoms with E-state index in [1.54, 1.807) is 6.20 Å². The fourth-order valence-corrected chi connectivity index (χ4v) is 4.40. The molecule has 4 aromatic rings. The number of halogens is 2. The molecule has 2 aromatic heterocycles. The van der Waals surface area contributed by atoms with Crippen LogP contribution in [0, 0.1) is 11.3 Å². The minimum Gasteiger partial charge on any atom is -0.489 e. The Morgan fingerprint density at radius 2 is 1.91 bits per heavy atom. The van der Waals surface area contributed by atoms with E-state index in [0.29, 0.717) is 28.2 Å². The molecule has 6 nitrogen and oxygen atoms in total. The summed E-state index contributed by atoms with van der Waals surface area (Å²) < 4.78 is 10.5. The van der Waals surface area contributed by atoms with Crippen LogP contribution in [-0.4, -0.2) is 33.3 Å². The van der Waals surface area contributed by atoms with Crippen LogP contribution < -0.4 is 9.46 Å². The number of aromatic nitrogens is 3. The second kappa shape index (κ2) is 10.1. The molecule has 174 valence electrons. The van der Waals surface area contributed by atoms with Crippen LogP contribution in [0.25, 0.3) is 16.6 Å². The molecular formula is C25H23Cl2N5OS. The Morgan fingerprint density at radius 1 is 1.15 bits per heavy atom. The predicted molar refractivity (Wildman–Crippen MR) is 140 cm³/mol. The van der Waals surface area contributed by atoms with Gasteiger partial charge in [0.15, 0.2) is 5.75 Å². The van der Waals surface area contributed by atoms with Gasteiger partial charge in [0, 0.05) is 23.4 Å². The minimum atomic E-state index is -0.381. The van der Waals surface area contributed by atoms with Gasteiger partial charge in [0.1, 0.15) is 12.7 Å². The fraction of sp³-hybridized carbons (Fsp3) is 0.240. The molecule has 1 N–H and O–H groups in total. The minimum absolute atomic E-state index is 0.288. The Balaban J connectivity index is 1.64. The van der Waals surface area contributed by atoms with Gasteiger partial charge < -0.3 is 4.74 Å². The van der Waals surface area contributed by atoms with Crippen LogP contribution in [0.4, 0.5) is 5.95 Å². The van der Waals surface area contributed by atoms with Crippen molar-refractivity contribution < 1.29 is 4.74 Å². The number of hydrogen-bond donors (Lipinski definition) is 1. The monoisotopic (exact) mass is 511 g/mol. The standard InChI is InChI=1S/C25H23Cl2N5OS/c1-25(2,20-10-17(13-28)23(22(27)12-20)33-9-8-26)19-6-4-16(5-7-19)18-11-21-14-29-24(31-34-3)30-32(21)15-18/h4-7,10-12,14-15H,8-9H2,1-3H3,(H,30,31). The summed E-state index contributed by atoms with van der Waals surface area (Å²) in [7, 11) is 0. The maximum atomic E-state index is 9.63. The first-order valence-electron chi connectivity index (χ1n) is 10.6. The number of nitrogens with zero attached hydrogens (tertiary/aromatic N) is 4. The van der Waals surface area contributed by atoms with Crippen LogP contribution in [0.5, 0.6) is 5.75 Å². The molecule has 0 fully saturated rings. The molecule has 2 heterocycles. The number of nitrogens with one attached hydrogen (secondary N) is 1. The zero-order chi connectivity index (χ0) is 24.3. The first kappa shape index (κ1) is 24.2. The lowest BCUT2D eigenvalue weighted by Crippen LogP contribution is -2.19. The summed E-state index contributed by atoms with van der Waals surface area (Å²) in [6.07, 6.45) is 5.71. The fourth-order valence-electron chi connectivity index (χ4n) is 3.77. The largest absolute Gasteiger partial charge is 0.489 e. The van der Waals surface area contributed by atoms with Gasteiger partial charge in [0.25, 0.3) is 5.95 Å². The van der Waals surface area contributed by atoms with Gasteiger partial charge in [-0.1, -0.05) is 61.7 Å². The quantitative estimate of drug-likeness (QED) is 0.213. The molecule has 0 saturated heterocycles. The van der Waals surface area contributed by atoms with Crippen molar-refractivity contribution in [3.63, 3.8) is 0 Å². The Hall–Kier alpha value is -2.92. The van der Waals surface area contributed by atoms with E-state index in [4.69, 9.17) is 27.9 Å². The highest BCUT2D eigenvalue weighted by molar-refractivity contribution is 7.99. The van der Waals surface area contributed by atoms with E-state index in [1.165, 1.54) is 11.9 Å². The van der Waals surface area contributed by atoms with Crippen LogP contribution in [0.3, 0.4) is 0 Å². The Kier molecular flexibility index (Phi) is 7.22. The van der Waals surface area contributed by atoms with Crippen molar-refractivity contribution in [2.45, 2.75) is 19.3 Å². The maximum absolute atomic E-state index is 9.63. The highest BCUT2D eigenvalue weighted by Crippen LogP contribution is 2.38. The molecule has 34 heavy (non-hydrogen) atoms. The van der Waals surface area contributed by atoms with Gasteiger partial charge >= 0.3 is 0 Å².